The molecule has 0 atom stereocenters. The molecule has 0 saturated carbocycles. The average molecular weight is 278 g/mol. The number of rotatable bonds is 4. The zero-order chi connectivity index (χ0) is 14.5. The molecule has 20 heavy (non-hydrogen) atoms. The van der Waals surface area contributed by atoms with E-state index in [1.807, 2.05) is 0 Å². The van der Waals surface area contributed by atoms with Gasteiger partial charge in [-0.25, -0.2) is 9.59 Å². The molecule has 0 aliphatic carbocycles. The van der Waals surface area contributed by atoms with Crippen LogP contribution in [0.1, 0.15) is 12.5 Å². The Morgan fingerprint density at radius 3 is 2.70 bits per heavy atom. The molecule has 6 heteroatoms. The Morgan fingerprint density at radius 2 is 2.00 bits per heavy atom. The van der Waals surface area contributed by atoms with Gasteiger partial charge in [0.05, 0.1) is 13.7 Å². The third-order valence-electron chi connectivity index (χ3n) is 2.61. The zero-order valence-electron chi connectivity index (χ0n) is 11.2. The normalized spacial score (nSPS) is 13.0. The summed E-state index contributed by atoms with van der Waals surface area (Å²) in [6, 6.07) is 5.08. The van der Waals surface area contributed by atoms with Crippen molar-refractivity contribution in [1.82, 2.24) is 0 Å². The lowest BCUT2D eigenvalue weighted by Crippen LogP contribution is -2.17. The molecular formula is C14H14O6. The van der Waals surface area contributed by atoms with E-state index < -0.39 is 11.9 Å². The van der Waals surface area contributed by atoms with Gasteiger partial charge in [-0.3, -0.25) is 0 Å². The third kappa shape index (κ3) is 2.90. The largest absolute Gasteiger partial charge is 0.465 e. The van der Waals surface area contributed by atoms with Gasteiger partial charge in [0.2, 0.25) is 6.79 Å². The molecular weight excluding hydrogens is 264 g/mol. The maximum Gasteiger partial charge on any atom is 0.345 e. The Bertz CT molecular complexity index is 561. The topological polar surface area (TPSA) is 71.1 Å². The molecule has 2 rings (SSSR count). The maximum atomic E-state index is 11.7. The van der Waals surface area contributed by atoms with Crippen LogP contribution in [-0.2, 0) is 19.1 Å². The smallest absolute Gasteiger partial charge is 0.345 e. The van der Waals surface area contributed by atoms with Crippen LogP contribution in [0.5, 0.6) is 11.5 Å². The second kappa shape index (κ2) is 6.10. The minimum atomic E-state index is -0.749. The van der Waals surface area contributed by atoms with Gasteiger partial charge in [0, 0.05) is 0 Å². The van der Waals surface area contributed by atoms with Gasteiger partial charge in [0.15, 0.2) is 11.5 Å². The van der Waals surface area contributed by atoms with Crippen molar-refractivity contribution in [1.29, 1.82) is 0 Å². The van der Waals surface area contributed by atoms with E-state index in [2.05, 4.69) is 4.74 Å². The molecule has 1 aliphatic heterocycles. The molecule has 0 N–H and O–H groups in total. The molecule has 0 spiro atoms. The molecule has 0 fully saturated rings. The van der Waals surface area contributed by atoms with Crippen molar-refractivity contribution in [3.63, 3.8) is 0 Å². The second-order valence-electron chi connectivity index (χ2n) is 3.88. The molecule has 1 aromatic carbocycles. The van der Waals surface area contributed by atoms with E-state index in [0.29, 0.717) is 17.1 Å². The number of methoxy groups -OCH3 is 1. The second-order valence-corrected chi connectivity index (χ2v) is 3.88. The fourth-order valence-electron chi connectivity index (χ4n) is 1.69. The first-order valence-corrected chi connectivity index (χ1v) is 6.02. The highest BCUT2D eigenvalue weighted by atomic mass is 16.7. The van der Waals surface area contributed by atoms with Crippen LogP contribution < -0.4 is 9.47 Å². The summed E-state index contributed by atoms with van der Waals surface area (Å²) in [6.45, 7) is 1.99. The molecule has 0 bridgehead atoms. The summed E-state index contributed by atoms with van der Waals surface area (Å²) < 4.78 is 19.8. The molecule has 0 unspecified atom stereocenters. The summed E-state index contributed by atoms with van der Waals surface area (Å²) in [6.07, 6.45) is 1.39. The molecule has 1 aliphatic rings. The maximum absolute atomic E-state index is 11.7. The van der Waals surface area contributed by atoms with Crippen molar-refractivity contribution >= 4 is 18.0 Å². The van der Waals surface area contributed by atoms with E-state index in [0.717, 1.165) is 0 Å². The van der Waals surface area contributed by atoms with Gasteiger partial charge < -0.3 is 18.9 Å². The van der Waals surface area contributed by atoms with Crippen LogP contribution >= 0.6 is 0 Å². The van der Waals surface area contributed by atoms with E-state index in [1.165, 1.54) is 13.2 Å². The molecule has 106 valence electrons. The van der Waals surface area contributed by atoms with Gasteiger partial charge in [0.25, 0.3) is 0 Å². The van der Waals surface area contributed by atoms with Crippen LogP contribution in [0.4, 0.5) is 0 Å². The average Bonchev–Trinajstić information content (AvgIpc) is 2.91. The number of hydrogen-bond donors (Lipinski definition) is 0. The highest BCUT2D eigenvalue weighted by Gasteiger charge is 2.21. The highest BCUT2D eigenvalue weighted by molar-refractivity contribution is 6.17. The summed E-state index contributed by atoms with van der Waals surface area (Å²) in [5.74, 6) is -0.289. The SMILES string of the molecule is CCOC(=O)/C(=C\c1ccc2c(c1)OCO2)C(=O)OC. The number of fused-ring (bicyclic) bond motifs is 1. The van der Waals surface area contributed by atoms with Crippen molar-refractivity contribution in [2.45, 2.75) is 6.92 Å². The Hall–Kier alpha value is -2.50. The number of carbonyl (C=O) groups is 2. The number of carbonyl (C=O) groups excluding carboxylic acids is 2. The standard InChI is InChI=1S/C14H14O6/c1-3-18-14(16)10(13(15)17-2)6-9-4-5-11-12(7-9)20-8-19-11/h4-7H,3,8H2,1-2H3/b10-6-. The lowest BCUT2D eigenvalue weighted by molar-refractivity contribution is -0.145. The molecule has 0 radical (unpaired) electrons. The van der Waals surface area contributed by atoms with Gasteiger partial charge in [-0.15, -0.1) is 0 Å². The van der Waals surface area contributed by atoms with Crippen molar-refractivity contribution in [2.75, 3.05) is 20.5 Å². The Morgan fingerprint density at radius 1 is 1.25 bits per heavy atom. The Balaban J connectivity index is 2.32. The van der Waals surface area contributed by atoms with Crippen LogP contribution in [0.3, 0.4) is 0 Å². The first-order valence-electron chi connectivity index (χ1n) is 6.02. The molecule has 1 heterocycles. The molecule has 0 saturated heterocycles. The number of esters is 2. The van der Waals surface area contributed by atoms with Gasteiger partial charge in [-0.1, -0.05) is 6.07 Å². The van der Waals surface area contributed by atoms with Crippen molar-refractivity contribution in [3.05, 3.63) is 29.3 Å². The van der Waals surface area contributed by atoms with E-state index in [4.69, 9.17) is 14.2 Å². The van der Waals surface area contributed by atoms with Crippen LogP contribution in [0, 0.1) is 0 Å². The molecule has 6 nitrogen and oxygen atoms in total. The van der Waals surface area contributed by atoms with Crippen LogP contribution in [-0.4, -0.2) is 32.4 Å². The highest BCUT2D eigenvalue weighted by Crippen LogP contribution is 2.33. The van der Waals surface area contributed by atoms with Crippen molar-refractivity contribution in [3.8, 4) is 11.5 Å². The van der Waals surface area contributed by atoms with Gasteiger partial charge in [0.1, 0.15) is 5.57 Å². The van der Waals surface area contributed by atoms with E-state index in [9.17, 15) is 9.59 Å². The summed E-state index contributed by atoms with van der Waals surface area (Å²) in [4.78, 5) is 23.4. The zero-order valence-corrected chi connectivity index (χ0v) is 11.2. The monoisotopic (exact) mass is 278 g/mol. The van der Waals surface area contributed by atoms with Crippen LogP contribution in [0.25, 0.3) is 6.08 Å². The van der Waals surface area contributed by atoms with Crippen LogP contribution in [0.2, 0.25) is 0 Å². The van der Waals surface area contributed by atoms with Gasteiger partial charge in [-0.05, 0) is 30.7 Å². The van der Waals surface area contributed by atoms with Crippen LogP contribution in [0.15, 0.2) is 23.8 Å². The first-order chi connectivity index (χ1) is 9.65. The van der Waals surface area contributed by atoms with E-state index in [1.54, 1.807) is 25.1 Å². The van der Waals surface area contributed by atoms with Crippen molar-refractivity contribution < 1.29 is 28.5 Å². The Labute approximate surface area is 115 Å². The van der Waals surface area contributed by atoms with E-state index in [-0.39, 0.29) is 19.0 Å². The van der Waals surface area contributed by atoms with E-state index >= 15 is 0 Å². The first kappa shape index (κ1) is 13.9. The minimum Gasteiger partial charge on any atom is -0.465 e. The molecule has 1 aromatic rings. The predicted molar refractivity (Wildman–Crippen MR) is 69.2 cm³/mol. The lowest BCUT2D eigenvalue weighted by Gasteiger charge is -2.05. The fraction of sp³-hybridized carbons (Fsp3) is 0.286. The number of hydrogen-bond acceptors (Lipinski definition) is 6. The number of benzene rings is 1. The fourth-order valence-corrected chi connectivity index (χ4v) is 1.69. The van der Waals surface area contributed by atoms with Crippen molar-refractivity contribution in [2.24, 2.45) is 0 Å². The third-order valence-corrected chi connectivity index (χ3v) is 2.61. The summed E-state index contributed by atoms with van der Waals surface area (Å²) >= 11 is 0. The van der Waals surface area contributed by atoms with Gasteiger partial charge in [-0.2, -0.15) is 0 Å². The van der Waals surface area contributed by atoms with Gasteiger partial charge >= 0.3 is 11.9 Å². The lowest BCUT2D eigenvalue weighted by atomic mass is 10.1. The summed E-state index contributed by atoms with van der Waals surface area (Å²) in [5.41, 5.74) is 0.441. The Kier molecular flexibility index (Phi) is 4.24. The summed E-state index contributed by atoms with van der Waals surface area (Å²) in [7, 11) is 1.20. The predicted octanol–water partition coefficient (Wildman–Crippen LogP) is 1.53. The number of ether oxygens (including phenoxy) is 4. The molecule has 0 aromatic heterocycles. The quantitative estimate of drug-likeness (QED) is 0.360. The summed E-state index contributed by atoms with van der Waals surface area (Å²) in [5, 5.41) is 0. The molecule has 0 amide bonds. The minimum absolute atomic E-state index is 0.157.